The van der Waals surface area contributed by atoms with Gasteiger partial charge in [-0.2, -0.15) is 0 Å². The molecule has 0 amide bonds. The van der Waals surface area contributed by atoms with E-state index in [1.54, 1.807) is 0 Å². The van der Waals surface area contributed by atoms with E-state index in [1.807, 2.05) is 11.8 Å². The maximum absolute atomic E-state index is 4.60. The van der Waals surface area contributed by atoms with E-state index < -0.39 is 0 Å². The number of amidine groups is 1. The molecule has 1 aromatic carbocycles. The summed E-state index contributed by atoms with van der Waals surface area (Å²) in [6, 6.07) is 8.50. The van der Waals surface area contributed by atoms with Gasteiger partial charge in [0.15, 0.2) is 5.17 Å². The first-order valence-corrected chi connectivity index (χ1v) is 7.53. The maximum Gasteiger partial charge on any atom is 0.161 e. The number of hydrogen-bond acceptors (Lipinski definition) is 3. The zero-order valence-electron chi connectivity index (χ0n) is 11.6. The molecule has 1 unspecified atom stereocenters. The number of anilines is 1. The summed E-state index contributed by atoms with van der Waals surface area (Å²) in [4.78, 5) is 4.60. The normalized spacial score (nSPS) is 19.4. The number of para-hydroxylation sites is 1. The van der Waals surface area contributed by atoms with E-state index in [4.69, 9.17) is 0 Å². The van der Waals surface area contributed by atoms with Gasteiger partial charge in [0.1, 0.15) is 0 Å². The average Bonchev–Trinajstić information content (AvgIpc) is 2.78. The molecular formula is C15H22N2S. The Balaban J connectivity index is 2.07. The second kappa shape index (κ2) is 5.79. The van der Waals surface area contributed by atoms with Gasteiger partial charge in [0.25, 0.3) is 0 Å². The molecule has 0 spiro atoms. The highest BCUT2D eigenvalue weighted by atomic mass is 32.2. The van der Waals surface area contributed by atoms with E-state index in [-0.39, 0.29) is 0 Å². The minimum absolute atomic E-state index is 0.529. The fraction of sp³-hybridized carbons (Fsp3) is 0.533. The van der Waals surface area contributed by atoms with Crippen molar-refractivity contribution < 1.29 is 0 Å². The minimum atomic E-state index is 0.529. The Morgan fingerprint density at radius 2 is 1.94 bits per heavy atom. The fourth-order valence-corrected chi connectivity index (χ4v) is 3.06. The van der Waals surface area contributed by atoms with Crippen LogP contribution in [0, 0.1) is 5.92 Å². The molecule has 98 valence electrons. The predicted octanol–water partition coefficient (Wildman–Crippen LogP) is 4.35. The van der Waals surface area contributed by atoms with Gasteiger partial charge in [-0.15, -0.1) is 0 Å². The average molecular weight is 262 g/mol. The van der Waals surface area contributed by atoms with Crippen LogP contribution >= 0.6 is 11.8 Å². The molecule has 1 atom stereocenters. The number of thioether (sulfide) groups is 1. The summed E-state index contributed by atoms with van der Waals surface area (Å²) in [5.74, 6) is 1.21. The topological polar surface area (TPSA) is 24.4 Å². The molecule has 0 aliphatic carbocycles. The third-order valence-corrected chi connectivity index (χ3v) is 4.70. The van der Waals surface area contributed by atoms with E-state index >= 15 is 0 Å². The molecule has 2 rings (SSSR count). The van der Waals surface area contributed by atoms with Crippen molar-refractivity contribution in [2.45, 2.75) is 38.9 Å². The summed E-state index contributed by atoms with van der Waals surface area (Å²) in [6.07, 6.45) is 0. The molecule has 1 aliphatic rings. The van der Waals surface area contributed by atoms with E-state index in [0.29, 0.717) is 17.1 Å². The monoisotopic (exact) mass is 262 g/mol. The van der Waals surface area contributed by atoms with Gasteiger partial charge in [-0.3, -0.25) is 4.99 Å². The van der Waals surface area contributed by atoms with Crippen LogP contribution in [0.25, 0.3) is 0 Å². The third kappa shape index (κ3) is 3.08. The molecule has 1 heterocycles. The van der Waals surface area contributed by atoms with Crippen molar-refractivity contribution in [3.05, 3.63) is 29.8 Å². The van der Waals surface area contributed by atoms with E-state index in [0.717, 1.165) is 11.7 Å². The van der Waals surface area contributed by atoms with Crippen LogP contribution in [0.2, 0.25) is 0 Å². The highest BCUT2D eigenvalue weighted by molar-refractivity contribution is 8.15. The van der Waals surface area contributed by atoms with Crippen LogP contribution in [-0.2, 0) is 0 Å². The molecule has 1 aliphatic heterocycles. The molecule has 1 N–H and O–H groups in total. The van der Waals surface area contributed by atoms with Crippen LogP contribution in [0.15, 0.2) is 29.3 Å². The molecule has 0 saturated carbocycles. The van der Waals surface area contributed by atoms with E-state index in [9.17, 15) is 0 Å². The molecule has 0 fully saturated rings. The first-order valence-electron chi connectivity index (χ1n) is 6.65. The van der Waals surface area contributed by atoms with E-state index in [1.165, 1.54) is 11.3 Å². The Bertz CT molecular complexity index is 438. The highest BCUT2D eigenvalue weighted by Gasteiger charge is 2.22. The number of hydrogen-bond donors (Lipinski definition) is 1. The lowest BCUT2D eigenvalue weighted by atomic mass is 10.0. The van der Waals surface area contributed by atoms with Gasteiger partial charge >= 0.3 is 0 Å². The second-order valence-electron chi connectivity index (χ2n) is 5.41. The number of rotatable bonds is 3. The fourth-order valence-electron chi connectivity index (χ4n) is 2.04. The first-order chi connectivity index (χ1) is 8.58. The summed E-state index contributed by atoms with van der Waals surface area (Å²) in [5.41, 5.74) is 2.55. The Morgan fingerprint density at radius 3 is 2.56 bits per heavy atom. The van der Waals surface area contributed by atoms with E-state index in [2.05, 4.69) is 62.3 Å². The van der Waals surface area contributed by atoms with Crippen LogP contribution in [0.4, 0.5) is 5.69 Å². The van der Waals surface area contributed by atoms with Gasteiger partial charge in [-0.05, 0) is 23.5 Å². The maximum atomic E-state index is 4.60. The largest absolute Gasteiger partial charge is 0.335 e. The first kappa shape index (κ1) is 13.5. The predicted molar refractivity (Wildman–Crippen MR) is 82.7 cm³/mol. The quantitative estimate of drug-likeness (QED) is 0.875. The molecule has 1 aromatic rings. The van der Waals surface area contributed by atoms with Gasteiger partial charge in [-0.25, -0.2) is 0 Å². The lowest BCUT2D eigenvalue weighted by molar-refractivity contribution is 0.621. The zero-order chi connectivity index (χ0) is 13.1. The van der Waals surface area contributed by atoms with Crippen LogP contribution < -0.4 is 5.32 Å². The second-order valence-corrected chi connectivity index (χ2v) is 6.64. The summed E-state index contributed by atoms with van der Waals surface area (Å²) in [5, 5.41) is 5.18. The molecular weight excluding hydrogens is 240 g/mol. The van der Waals surface area contributed by atoms with Crippen molar-refractivity contribution in [2.24, 2.45) is 10.9 Å². The molecule has 0 saturated heterocycles. The molecule has 18 heavy (non-hydrogen) atoms. The van der Waals surface area contributed by atoms with Crippen LogP contribution in [-0.4, -0.2) is 17.0 Å². The smallest absolute Gasteiger partial charge is 0.161 e. The van der Waals surface area contributed by atoms with Crippen molar-refractivity contribution >= 4 is 22.6 Å². The third-order valence-electron chi connectivity index (χ3n) is 3.25. The molecule has 0 bridgehead atoms. The number of benzene rings is 1. The van der Waals surface area contributed by atoms with Gasteiger partial charge in [0.05, 0.1) is 6.54 Å². The summed E-state index contributed by atoms with van der Waals surface area (Å²) in [7, 11) is 0. The molecule has 0 aromatic heterocycles. The standard InChI is InChI=1S/C15H22N2S/c1-10(2)12-7-5-6-8-13(12)17-15-16-9-14(18-15)11(3)4/h5-8,10-11,14H,9H2,1-4H3,(H,16,17). The lowest BCUT2D eigenvalue weighted by Crippen LogP contribution is -2.13. The van der Waals surface area contributed by atoms with Gasteiger partial charge in [0, 0.05) is 10.9 Å². The number of nitrogens with one attached hydrogen (secondary N) is 1. The SMILES string of the molecule is CC(C)c1ccccc1NC1=NCC(C(C)C)S1. The van der Waals surface area contributed by atoms with Gasteiger partial charge in [-0.1, -0.05) is 57.7 Å². The van der Waals surface area contributed by atoms with Crippen molar-refractivity contribution in [3.63, 3.8) is 0 Å². The van der Waals surface area contributed by atoms with Crippen LogP contribution in [0.3, 0.4) is 0 Å². The number of aliphatic imine (C=N–C) groups is 1. The minimum Gasteiger partial charge on any atom is -0.335 e. The zero-order valence-corrected chi connectivity index (χ0v) is 12.4. The van der Waals surface area contributed by atoms with Gasteiger partial charge in [0.2, 0.25) is 0 Å². The Morgan fingerprint density at radius 1 is 1.22 bits per heavy atom. The van der Waals surface area contributed by atoms with Gasteiger partial charge < -0.3 is 5.32 Å². The Hall–Kier alpha value is -0.960. The van der Waals surface area contributed by atoms with Crippen molar-refractivity contribution in [2.75, 3.05) is 11.9 Å². The summed E-state index contributed by atoms with van der Waals surface area (Å²) in [6.45, 7) is 9.91. The molecule has 3 heteroatoms. The Kier molecular flexibility index (Phi) is 4.33. The van der Waals surface area contributed by atoms with Crippen molar-refractivity contribution in [3.8, 4) is 0 Å². The number of nitrogens with zero attached hydrogens (tertiary/aromatic N) is 1. The van der Waals surface area contributed by atoms with Crippen molar-refractivity contribution in [1.29, 1.82) is 0 Å². The summed E-state index contributed by atoms with van der Waals surface area (Å²) < 4.78 is 0. The summed E-state index contributed by atoms with van der Waals surface area (Å²) >= 11 is 1.87. The lowest BCUT2D eigenvalue weighted by Gasteiger charge is -2.15. The molecule has 2 nitrogen and oxygen atoms in total. The van der Waals surface area contributed by atoms with Crippen LogP contribution in [0.1, 0.15) is 39.2 Å². The van der Waals surface area contributed by atoms with Crippen molar-refractivity contribution in [1.82, 2.24) is 0 Å². The highest BCUT2D eigenvalue weighted by Crippen LogP contribution is 2.30. The Labute approximate surface area is 114 Å². The molecule has 0 radical (unpaired) electrons. The van der Waals surface area contributed by atoms with Crippen LogP contribution in [0.5, 0.6) is 0 Å².